The number of rotatable bonds is 6. The molecule has 0 aliphatic carbocycles. The second-order valence-electron chi connectivity index (χ2n) is 2.70. The molecular weight excluding hydrogens is 277 g/mol. The summed E-state index contributed by atoms with van der Waals surface area (Å²) < 4.78 is 11.6. The number of alkyl halides is 3. The number of halogens is 3. The first-order valence-corrected chi connectivity index (χ1v) is 5.79. The van der Waals surface area contributed by atoms with Crippen LogP contribution in [0.4, 0.5) is 4.39 Å². The van der Waals surface area contributed by atoms with Gasteiger partial charge in [0.25, 0.3) is 0 Å². The lowest BCUT2D eigenvalue weighted by Crippen LogP contribution is -2.08. The number of hydrogen-bond donors (Lipinski definition) is 0. The zero-order valence-corrected chi connectivity index (χ0v) is 9.74. The molecule has 3 heteroatoms. The average Bonchev–Trinajstić information content (AvgIpc) is 1.97. The van der Waals surface area contributed by atoms with Crippen LogP contribution >= 0.6 is 34.2 Å². The van der Waals surface area contributed by atoms with Crippen molar-refractivity contribution in [1.82, 2.24) is 0 Å². The van der Waals surface area contributed by atoms with E-state index in [1.54, 1.807) is 22.6 Å². The Morgan fingerprint density at radius 1 is 1.36 bits per heavy atom. The van der Waals surface area contributed by atoms with Crippen LogP contribution in [0.1, 0.15) is 39.0 Å². The Balaban J connectivity index is 3.10. The normalized spacial score (nSPS) is 16.4. The minimum absolute atomic E-state index is 0.285. The van der Waals surface area contributed by atoms with Crippen LogP contribution in [0.3, 0.4) is 0 Å². The molecule has 0 fully saturated rings. The van der Waals surface area contributed by atoms with Gasteiger partial charge in [0.1, 0.15) is 0 Å². The lowest BCUT2D eigenvalue weighted by atomic mass is 10.1. The van der Waals surface area contributed by atoms with E-state index in [-0.39, 0.29) is 5.38 Å². The van der Waals surface area contributed by atoms with Gasteiger partial charge in [-0.25, -0.2) is 4.39 Å². The van der Waals surface area contributed by atoms with Crippen molar-refractivity contribution in [2.75, 3.05) is 0 Å². The predicted octanol–water partition coefficient (Wildman–Crippen LogP) is 4.29. The van der Waals surface area contributed by atoms with Crippen molar-refractivity contribution < 1.29 is 4.39 Å². The van der Waals surface area contributed by atoms with Crippen molar-refractivity contribution in [1.29, 1.82) is 0 Å². The summed E-state index contributed by atoms with van der Waals surface area (Å²) in [6.07, 6.45) is 5.51. The third-order valence-corrected chi connectivity index (χ3v) is 3.34. The molecule has 0 aliphatic heterocycles. The van der Waals surface area contributed by atoms with Crippen LogP contribution in [0, 0.1) is 0 Å². The summed E-state index contributed by atoms with van der Waals surface area (Å²) in [5.41, 5.74) is 0. The minimum atomic E-state index is -0.893. The first-order valence-electron chi connectivity index (χ1n) is 4.10. The van der Waals surface area contributed by atoms with Gasteiger partial charge < -0.3 is 0 Å². The molecule has 0 nitrogen and oxygen atoms in total. The highest BCUT2D eigenvalue weighted by molar-refractivity contribution is 14.1. The summed E-state index contributed by atoms with van der Waals surface area (Å²) in [6, 6.07) is 0. The maximum absolute atomic E-state index is 12.5. The Kier molecular flexibility index (Phi) is 8.25. The summed E-state index contributed by atoms with van der Waals surface area (Å²) in [7, 11) is 0. The molecule has 0 amide bonds. The summed E-state index contributed by atoms with van der Waals surface area (Å²) in [4.78, 5) is 0. The van der Waals surface area contributed by atoms with Crippen molar-refractivity contribution >= 4 is 34.2 Å². The maximum Gasteiger partial charge on any atom is 0.167 e. The van der Waals surface area contributed by atoms with E-state index in [0.29, 0.717) is 0 Å². The topological polar surface area (TPSA) is 0 Å². The SMILES string of the molecule is CCCCCCC(Cl)C(F)I. The van der Waals surface area contributed by atoms with E-state index in [1.807, 2.05) is 0 Å². The number of unbranched alkanes of at least 4 members (excludes halogenated alkanes) is 3. The first-order chi connectivity index (χ1) is 5.18. The maximum atomic E-state index is 12.5. The molecule has 0 aromatic rings. The van der Waals surface area contributed by atoms with E-state index in [0.717, 1.165) is 12.8 Å². The zero-order chi connectivity index (χ0) is 8.69. The van der Waals surface area contributed by atoms with Gasteiger partial charge in [-0.05, 0) is 29.0 Å². The lowest BCUT2D eigenvalue weighted by Gasteiger charge is -2.07. The average molecular weight is 293 g/mol. The predicted molar refractivity (Wildman–Crippen MR) is 57.3 cm³/mol. The zero-order valence-electron chi connectivity index (χ0n) is 6.82. The third-order valence-electron chi connectivity index (χ3n) is 1.61. The second-order valence-corrected chi connectivity index (χ2v) is 4.45. The van der Waals surface area contributed by atoms with Gasteiger partial charge in [-0.2, -0.15) is 0 Å². The van der Waals surface area contributed by atoms with E-state index in [2.05, 4.69) is 6.92 Å². The Morgan fingerprint density at radius 2 is 2.00 bits per heavy atom. The molecule has 0 spiro atoms. The van der Waals surface area contributed by atoms with Gasteiger partial charge in [0, 0.05) is 0 Å². The molecule has 68 valence electrons. The van der Waals surface area contributed by atoms with Crippen LogP contribution in [-0.4, -0.2) is 9.56 Å². The number of hydrogen-bond acceptors (Lipinski definition) is 0. The lowest BCUT2D eigenvalue weighted by molar-refractivity contribution is 0.435. The highest BCUT2D eigenvalue weighted by Gasteiger charge is 2.13. The summed E-state index contributed by atoms with van der Waals surface area (Å²) in [6.45, 7) is 2.16. The molecule has 0 aromatic carbocycles. The smallest absolute Gasteiger partial charge is 0.167 e. The van der Waals surface area contributed by atoms with Gasteiger partial charge in [-0.3, -0.25) is 0 Å². The van der Waals surface area contributed by atoms with Crippen LogP contribution in [0.25, 0.3) is 0 Å². The Morgan fingerprint density at radius 3 is 2.45 bits per heavy atom. The molecule has 0 saturated carbocycles. The van der Waals surface area contributed by atoms with Crippen LogP contribution in [0.15, 0.2) is 0 Å². The molecule has 0 N–H and O–H groups in total. The fraction of sp³-hybridized carbons (Fsp3) is 1.00. The molecule has 2 unspecified atom stereocenters. The quantitative estimate of drug-likeness (QED) is 0.389. The summed E-state index contributed by atoms with van der Waals surface area (Å²) in [5, 5.41) is -0.285. The van der Waals surface area contributed by atoms with Crippen molar-refractivity contribution in [3.05, 3.63) is 0 Å². The van der Waals surface area contributed by atoms with Gasteiger partial charge in [0.2, 0.25) is 0 Å². The van der Waals surface area contributed by atoms with E-state index < -0.39 is 4.18 Å². The summed E-state index contributed by atoms with van der Waals surface area (Å²) >= 11 is 7.44. The van der Waals surface area contributed by atoms with Gasteiger partial charge in [-0.1, -0.05) is 32.6 Å². The molecule has 0 saturated heterocycles. The third kappa shape index (κ3) is 7.32. The van der Waals surface area contributed by atoms with Gasteiger partial charge in [-0.15, -0.1) is 11.6 Å². The molecule has 0 rings (SSSR count). The largest absolute Gasteiger partial charge is 0.234 e. The van der Waals surface area contributed by atoms with Crippen LogP contribution in [0.2, 0.25) is 0 Å². The minimum Gasteiger partial charge on any atom is -0.234 e. The van der Waals surface area contributed by atoms with Crippen LogP contribution in [0.5, 0.6) is 0 Å². The fourth-order valence-corrected chi connectivity index (χ4v) is 1.41. The standard InChI is InChI=1S/C8H15ClFI/c1-2-3-4-5-6-7(9)8(10)11/h7-8H,2-6H2,1H3. The van der Waals surface area contributed by atoms with Crippen molar-refractivity contribution in [2.24, 2.45) is 0 Å². The molecular formula is C8H15ClFI. The van der Waals surface area contributed by atoms with E-state index >= 15 is 0 Å². The van der Waals surface area contributed by atoms with Gasteiger partial charge in [0.15, 0.2) is 4.18 Å². The van der Waals surface area contributed by atoms with Crippen LogP contribution in [-0.2, 0) is 0 Å². The Labute approximate surface area is 87.0 Å². The van der Waals surface area contributed by atoms with E-state index in [1.165, 1.54) is 19.3 Å². The second kappa shape index (κ2) is 7.59. The Hall–Kier alpha value is 0.950. The van der Waals surface area contributed by atoms with Crippen LogP contribution < -0.4 is 0 Å². The molecule has 0 heterocycles. The fourth-order valence-electron chi connectivity index (χ4n) is 0.892. The Bertz CT molecular complexity index is 88.2. The first kappa shape index (κ1) is 11.9. The van der Waals surface area contributed by atoms with Crippen molar-refractivity contribution in [3.8, 4) is 0 Å². The molecule has 0 radical (unpaired) electrons. The molecule has 0 aliphatic rings. The highest BCUT2D eigenvalue weighted by Crippen LogP contribution is 2.20. The monoisotopic (exact) mass is 292 g/mol. The molecule has 11 heavy (non-hydrogen) atoms. The summed E-state index contributed by atoms with van der Waals surface area (Å²) in [5.74, 6) is 0. The molecule has 2 atom stereocenters. The highest BCUT2D eigenvalue weighted by atomic mass is 127. The molecule has 0 bridgehead atoms. The molecule has 0 aromatic heterocycles. The van der Waals surface area contributed by atoms with Crippen molar-refractivity contribution in [3.63, 3.8) is 0 Å². The van der Waals surface area contributed by atoms with Gasteiger partial charge >= 0.3 is 0 Å². The van der Waals surface area contributed by atoms with Crippen molar-refractivity contribution in [2.45, 2.75) is 48.6 Å². The van der Waals surface area contributed by atoms with E-state index in [9.17, 15) is 4.39 Å². The van der Waals surface area contributed by atoms with E-state index in [4.69, 9.17) is 11.6 Å². The van der Waals surface area contributed by atoms with Gasteiger partial charge in [0.05, 0.1) is 5.38 Å².